The Bertz CT molecular complexity index is 664. The van der Waals surface area contributed by atoms with Gasteiger partial charge in [0.2, 0.25) is 0 Å². The molecule has 2 aliphatic rings. The molecule has 0 aliphatic carbocycles. The smallest absolute Gasteiger partial charge is 0.290 e. The Hall–Kier alpha value is -1.49. The fourth-order valence-electron chi connectivity index (χ4n) is 3.66. The standard InChI is InChI=1S/C19H27BN2O2/c1-14-16-13-18(24-6)17(23-5)12-15(16)8-11-21(14)20-9-7-10-22(20)19(2,3)4/h7,9-10,12-13H,8,11H2,1-6H3. The fourth-order valence-corrected chi connectivity index (χ4v) is 3.66. The molecule has 1 saturated heterocycles. The van der Waals surface area contributed by atoms with Crippen molar-refractivity contribution >= 4 is 12.7 Å². The molecule has 0 spiro atoms. The number of fused-ring (bicyclic) bond motifs is 1. The van der Waals surface area contributed by atoms with Crippen molar-refractivity contribution in [2.45, 2.75) is 39.7 Å². The average molecular weight is 326 g/mol. The van der Waals surface area contributed by atoms with Gasteiger partial charge in [-0.2, -0.15) is 0 Å². The van der Waals surface area contributed by atoms with Crippen LogP contribution in [0, 0.1) is 19.3 Å². The molecular formula is C19H27BN2O2. The Morgan fingerprint density at radius 1 is 1.12 bits per heavy atom. The summed E-state index contributed by atoms with van der Waals surface area (Å²) in [6.45, 7) is 12.4. The first-order chi connectivity index (χ1) is 11.4. The van der Waals surface area contributed by atoms with Crippen molar-refractivity contribution in [1.29, 1.82) is 0 Å². The topological polar surface area (TPSA) is 24.7 Å². The van der Waals surface area contributed by atoms with Gasteiger partial charge in [0.05, 0.1) is 20.8 Å². The molecule has 4 nitrogen and oxygen atoms in total. The Morgan fingerprint density at radius 2 is 1.79 bits per heavy atom. The number of benzene rings is 1. The lowest BCUT2D eigenvalue weighted by atomic mass is 9.68. The number of hydrogen-bond acceptors (Lipinski definition) is 3. The van der Waals surface area contributed by atoms with Crippen molar-refractivity contribution in [2.24, 2.45) is 0 Å². The van der Waals surface area contributed by atoms with E-state index in [2.05, 4.69) is 68.4 Å². The second kappa shape index (κ2) is 6.43. The Kier molecular flexibility index (Phi) is 4.65. The Labute approximate surface area is 146 Å². The van der Waals surface area contributed by atoms with E-state index in [1.807, 2.05) is 0 Å². The predicted octanol–water partition coefficient (Wildman–Crippen LogP) is 2.79. The van der Waals surface area contributed by atoms with Crippen molar-refractivity contribution in [3.8, 4) is 11.5 Å². The monoisotopic (exact) mass is 326 g/mol. The third-order valence-electron chi connectivity index (χ3n) is 4.96. The molecule has 5 heteroatoms. The highest BCUT2D eigenvalue weighted by Crippen LogP contribution is 2.34. The van der Waals surface area contributed by atoms with Gasteiger partial charge in [-0.05, 0) is 29.8 Å². The van der Waals surface area contributed by atoms with Gasteiger partial charge in [0.25, 0.3) is 6.98 Å². The molecule has 0 saturated carbocycles. The highest BCUT2D eigenvalue weighted by Gasteiger charge is 2.36. The van der Waals surface area contributed by atoms with Gasteiger partial charge >= 0.3 is 0 Å². The van der Waals surface area contributed by atoms with Crippen molar-refractivity contribution in [2.75, 3.05) is 20.8 Å². The summed E-state index contributed by atoms with van der Waals surface area (Å²) in [6.07, 6.45) is 5.45. The van der Waals surface area contributed by atoms with E-state index in [0.29, 0.717) is 0 Å². The molecule has 3 rings (SSSR count). The summed E-state index contributed by atoms with van der Waals surface area (Å²) in [5.74, 6) is 1.60. The fraction of sp³-hybridized carbons (Fsp3) is 0.474. The molecule has 0 N–H and O–H groups in total. The zero-order valence-corrected chi connectivity index (χ0v) is 15.6. The van der Waals surface area contributed by atoms with E-state index in [1.165, 1.54) is 16.8 Å². The lowest BCUT2D eigenvalue weighted by Gasteiger charge is -2.43. The van der Waals surface area contributed by atoms with E-state index in [1.54, 1.807) is 14.2 Å². The molecular weight excluding hydrogens is 299 g/mol. The quantitative estimate of drug-likeness (QED) is 0.799. The molecule has 24 heavy (non-hydrogen) atoms. The molecule has 1 aromatic carbocycles. The molecule has 1 aromatic rings. The van der Waals surface area contributed by atoms with Crippen LogP contribution in [0.4, 0.5) is 0 Å². The normalized spacial score (nSPS) is 19.6. The molecule has 1 fully saturated rings. The summed E-state index contributed by atoms with van der Waals surface area (Å²) in [5.41, 5.74) is 3.96. The predicted molar refractivity (Wildman–Crippen MR) is 98.4 cm³/mol. The molecule has 0 bridgehead atoms. The molecule has 0 aromatic heterocycles. The van der Waals surface area contributed by atoms with E-state index in [4.69, 9.17) is 9.47 Å². The van der Waals surface area contributed by atoms with E-state index in [9.17, 15) is 0 Å². The van der Waals surface area contributed by atoms with Crippen LogP contribution in [0.1, 0.15) is 38.8 Å². The number of methoxy groups -OCH3 is 2. The molecule has 0 unspecified atom stereocenters. The maximum Gasteiger partial charge on any atom is 0.290 e. The SMILES string of the molecule is COc1cc2c(cc1OC)C(C)=[N+]([B-]1[CH][CH][CH]N1C(C)(C)C)CC2. The molecule has 2 heterocycles. The maximum atomic E-state index is 5.50. The largest absolute Gasteiger partial charge is 0.493 e. The van der Waals surface area contributed by atoms with Gasteiger partial charge in [0.1, 0.15) is 5.71 Å². The third-order valence-corrected chi connectivity index (χ3v) is 4.96. The number of hydrogen-bond donors (Lipinski definition) is 0. The highest BCUT2D eigenvalue weighted by atomic mass is 16.5. The van der Waals surface area contributed by atoms with Crippen LogP contribution in [-0.2, 0) is 6.42 Å². The Balaban J connectivity index is 2.02. The molecule has 128 valence electrons. The summed E-state index contributed by atoms with van der Waals surface area (Å²) in [6, 6.07) is 4.23. The Morgan fingerprint density at radius 3 is 2.42 bits per heavy atom. The van der Waals surface area contributed by atoms with Crippen LogP contribution < -0.4 is 9.47 Å². The number of rotatable bonds is 3. The lowest BCUT2D eigenvalue weighted by Crippen LogP contribution is -2.54. The lowest BCUT2D eigenvalue weighted by molar-refractivity contribution is -0.399. The van der Waals surface area contributed by atoms with Crippen molar-refractivity contribution in [1.82, 2.24) is 4.81 Å². The van der Waals surface area contributed by atoms with Crippen molar-refractivity contribution in [3.63, 3.8) is 0 Å². The van der Waals surface area contributed by atoms with E-state index in [0.717, 1.165) is 24.5 Å². The second-order valence-corrected chi connectivity index (χ2v) is 7.42. The molecule has 0 amide bonds. The third kappa shape index (κ3) is 2.94. The summed E-state index contributed by atoms with van der Waals surface area (Å²) >= 11 is 0. The maximum absolute atomic E-state index is 5.50. The zero-order chi connectivity index (χ0) is 17.5. The van der Waals surface area contributed by atoms with Gasteiger partial charge in [-0.25, -0.2) is 0 Å². The first kappa shape index (κ1) is 17.3. The summed E-state index contributed by atoms with van der Waals surface area (Å²) < 4.78 is 13.4. The van der Waals surface area contributed by atoms with E-state index in [-0.39, 0.29) is 12.5 Å². The number of nitrogens with zero attached hydrogens (tertiary/aromatic N) is 2. The van der Waals surface area contributed by atoms with Gasteiger partial charge in [-0.15, -0.1) is 6.32 Å². The molecule has 2 aliphatic heterocycles. The van der Waals surface area contributed by atoms with Crippen LogP contribution in [0.5, 0.6) is 11.5 Å². The molecule has 0 atom stereocenters. The van der Waals surface area contributed by atoms with Crippen LogP contribution in [0.3, 0.4) is 0 Å². The summed E-state index contributed by atoms with van der Waals surface area (Å²) in [7, 11) is 3.38. The minimum Gasteiger partial charge on any atom is -0.493 e. The van der Waals surface area contributed by atoms with Gasteiger partial charge < -0.3 is 18.8 Å². The second-order valence-electron chi connectivity index (χ2n) is 7.42. The average Bonchev–Trinajstić information content (AvgIpc) is 3.03. The van der Waals surface area contributed by atoms with E-state index < -0.39 is 0 Å². The zero-order valence-electron chi connectivity index (χ0n) is 15.6. The molecule has 4 radical (unpaired) electrons. The van der Waals surface area contributed by atoms with Crippen molar-refractivity contribution in [3.05, 3.63) is 42.5 Å². The van der Waals surface area contributed by atoms with Gasteiger partial charge in [-0.3, -0.25) is 0 Å². The van der Waals surface area contributed by atoms with Crippen LogP contribution in [-0.4, -0.2) is 48.3 Å². The van der Waals surface area contributed by atoms with Gasteiger partial charge in [0, 0.05) is 18.9 Å². The summed E-state index contributed by atoms with van der Waals surface area (Å²) in [4.78, 5) is 2.42. The minimum atomic E-state index is 0.0896. The van der Waals surface area contributed by atoms with Crippen LogP contribution in [0.25, 0.3) is 0 Å². The summed E-state index contributed by atoms with van der Waals surface area (Å²) in [5, 5.41) is 0. The van der Waals surface area contributed by atoms with Gasteiger partial charge in [-0.1, -0.05) is 27.2 Å². The highest BCUT2D eigenvalue weighted by molar-refractivity contribution is 6.54. The van der Waals surface area contributed by atoms with E-state index >= 15 is 0 Å². The van der Waals surface area contributed by atoms with Gasteiger partial charge in [0.15, 0.2) is 11.5 Å². The van der Waals surface area contributed by atoms with Crippen LogP contribution >= 0.6 is 0 Å². The number of ether oxygens (including phenoxy) is 2. The van der Waals surface area contributed by atoms with Crippen LogP contribution in [0.15, 0.2) is 12.1 Å². The minimum absolute atomic E-state index is 0.0896. The van der Waals surface area contributed by atoms with Crippen molar-refractivity contribution < 1.29 is 14.0 Å². The first-order valence-corrected chi connectivity index (χ1v) is 8.52. The van der Waals surface area contributed by atoms with Crippen LogP contribution in [0.2, 0.25) is 0 Å². The first-order valence-electron chi connectivity index (χ1n) is 8.52.